The van der Waals surface area contributed by atoms with Crippen LogP contribution in [0, 0.1) is 0 Å². The summed E-state index contributed by atoms with van der Waals surface area (Å²) in [4.78, 5) is 36.8. The zero-order valence-corrected chi connectivity index (χ0v) is 23.0. The third kappa shape index (κ3) is 6.79. The topological polar surface area (TPSA) is 173 Å². The van der Waals surface area contributed by atoms with Crippen LogP contribution in [0.5, 0.6) is 0 Å². The van der Waals surface area contributed by atoms with E-state index in [4.69, 9.17) is 11.5 Å². The largest absolute Gasteiger partial charge is 0.383 e. The van der Waals surface area contributed by atoms with Crippen molar-refractivity contribution in [1.82, 2.24) is 19.6 Å². The summed E-state index contributed by atoms with van der Waals surface area (Å²) in [5.74, 6) is -0.855. The molecule has 0 aliphatic carbocycles. The number of likely N-dealkylation sites (tertiary alicyclic amines) is 1. The molecule has 6 N–H and O–H groups in total. The van der Waals surface area contributed by atoms with Crippen molar-refractivity contribution in [3.8, 4) is 0 Å². The molecule has 0 radical (unpaired) electrons. The number of hydrogen-bond acceptors (Lipinski definition) is 8. The molecule has 2 amide bonds. The maximum Gasteiger partial charge on any atom is 0.247 e. The van der Waals surface area contributed by atoms with E-state index in [0.717, 1.165) is 5.56 Å². The molecule has 2 atom stereocenters. The fraction of sp³-hybridized carbons (Fsp3) is 0.241. The van der Waals surface area contributed by atoms with Crippen LogP contribution in [-0.2, 0) is 31.8 Å². The van der Waals surface area contributed by atoms with E-state index in [1.165, 1.54) is 4.90 Å². The van der Waals surface area contributed by atoms with E-state index in [0.29, 0.717) is 41.5 Å². The van der Waals surface area contributed by atoms with Crippen molar-refractivity contribution in [3.05, 3.63) is 90.0 Å². The first-order chi connectivity index (χ1) is 19.7. The van der Waals surface area contributed by atoms with E-state index >= 15 is 0 Å². The highest BCUT2D eigenvalue weighted by Crippen LogP contribution is 2.25. The van der Waals surface area contributed by atoms with E-state index in [1.54, 1.807) is 48.5 Å². The van der Waals surface area contributed by atoms with Gasteiger partial charge in [0.1, 0.15) is 17.9 Å². The SMILES string of the molecule is Nc1nc(N)c2cc(NC(=O)[C@@H]3CCCN3C(=O)[C@@H](Cc3ccccc3)NS(=O)(=O)Cc3ccccc3)ccc2n1. The van der Waals surface area contributed by atoms with Crippen LogP contribution in [0.25, 0.3) is 10.9 Å². The molecule has 1 aliphatic rings. The standard InChI is InChI=1S/C29H31N7O4S/c30-26-22-17-21(13-14-23(22)33-29(31)34-26)32-27(37)25-12-7-15-36(25)28(38)24(16-19-8-3-1-4-9-19)35-41(39,40)18-20-10-5-2-6-11-20/h1-6,8-11,13-14,17,24-25,35H,7,12,15-16,18H2,(H,32,37)(H4,30,31,33,34)/t24-,25+/m1/s1. The molecule has 1 saturated heterocycles. The highest BCUT2D eigenvalue weighted by atomic mass is 32.2. The van der Waals surface area contributed by atoms with Crippen LogP contribution in [0.3, 0.4) is 0 Å². The molecule has 1 aromatic heterocycles. The number of nitrogens with zero attached hydrogens (tertiary/aromatic N) is 3. The van der Waals surface area contributed by atoms with Gasteiger partial charge in [0.05, 0.1) is 11.3 Å². The Bertz CT molecular complexity index is 1670. The van der Waals surface area contributed by atoms with Crippen molar-refractivity contribution in [1.29, 1.82) is 0 Å². The fourth-order valence-corrected chi connectivity index (χ4v) is 6.39. The first-order valence-electron chi connectivity index (χ1n) is 13.2. The lowest BCUT2D eigenvalue weighted by Crippen LogP contribution is -2.53. The number of amides is 2. The Balaban J connectivity index is 1.35. The molecule has 11 nitrogen and oxygen atoms in total. The highest BCUT2D eigenvalue weighted by molar-refractivity contribution is 7.88. The van der Waals surface area contributed by atoms with Gasteiger partial charge >= 0.3 is 0 Å². The van der Waals surface area contributed by atoms with Gasteiger partial charge in [-0.2, -0.15) is 4.98 Å². The molecule has 4 aromatic rings. The van der Waals surface area contributed by atoms with Gasteiger partial charge < -0.3 is 21.7 Å². The van der Waals surface area contributed by atoms with E-state index in [9.17, 15) is 18.0 Å². The van der Waals surface area contributed by atoms with Crippen LogP contribution >= 0.6 is 0 Å². The van der Waals surface area contributed by atoms with Crippen LogP contribution in [0.4, 0.5) is 17.5 Å². The lowest BCUT2D eigenvalue weighted by atomic mass is 10.0. The minimum Gasteiger partial charge on any atom is -0.383 e. The second-order valence-corrected chi connectivity index (χ2v) is 11.7. The third-order valence-electron chi connectivity index (χ3n) is 6.95. The Morgan fingerprint density at radius 2 is 1.63 bits per heavy atom. The Kier molecular flexibility index (Phi) is 8.13. The number of rotatable bonds is 9. The molecule has 212 valence electrons. The van der Waals surface area contributed by atoms with Crippen LogP contribution in [0.1, 0.15) is 24.0 Å². The number of carbonyl (C=O) groups excluding carboxylic acids is 2. The Morgan fingerprint density at radius 3 is 2.34 bits per heavy atom. The number of aromatic nitrogens is 2. The molecule has 1 aliphatic heterocycles. The molecule has 0 spiro atoms. The average molecular weight is 574 g/mol. The number of nitrogens with one attached hydrogen (secondary N) is 2. The van der Waals surface area contributed by atoms with Crippen molar-refractivity contribution in [2.24, 2.45) is 0 Å². The summed E-state index contributed by atoms with van der Waals surface area (Å²) in [5.41, 5.74) is 14.1. The van der Waals surface area contributed by atoms with Crippen molar-refractivity contribution < 1.29 is 18.0 Å². The molecule has 0 saturated carbocycles. The maximum absolute atomic E-state index is 13.9. The van der Waals surface area contributed by atoms with Gasteiger partial charge in [-0.05, 0) is 48.6 Å². The Labute approximate surface area is 238 Å². The van der Waals surface area contributed by atoms with Crippen molar-refractivity contribution >= 4 is 50.2 Å². The monoisotopic (exact) mass is 573 g/mol. The molecule has 0 bridgehead atoms. The zero-order valence-electron chi connectivity index (χ0n) is 22.2. The second kappa shape index (κ2) is 11.9. The molecule has 3 aromatic carbocycles. The van der Waals surface area contributed by atoms with Gasteiger partial charge in [0.15, 0.2) is 0 Å². The first-order valence-corrected chi connectivity index (χ1v) is 14.9. The Hall–Kier alpha value is -4.55. The van der Waals surface area contributed by atoms with Crippen LogP contribution in [0.15, 0.2) is 78.9 Å². The van der Waals surface area contributed by atoms with Gasteiger partial charge in [-0.25, -0.2) is 18.1 Å². The van der Waals surface area contributed by atoms with Gasteiger partial charge in [-0.15, -0.1) is 0 Å². The van der Waals surface area contributed by atoms with Gasteiger partial charge in [0, 0.05) is 17.6 Å². The number of fused-ring (bicyclic) bond motifs is 1. The molecule has 5 rings (SSSR count). The lowest BCUT2D eigenvalue weighted by Gasteiger charge is -2.29. The molecular formula is C29H31N7O4S. The number of anilines is 3. The smallest absolute Gasteiger partial charge is 0.247 e. The quantitative estimate of drug-likeness (QED) is 0.236. The number of nitrogen functional groups attached to an aromatic ring is 2. The summed E-state index contributed by atoms with van der Waals surface area (Å²) in [6.45, 7) is 0.334. The van der Waals surface area contributed by atoms with E-state index in [1.807, 2.05) is 30.3 Å². The zero-order chi connectivity index (χ0) is 29.0. The Morgan fingerprint density at radius 1 is 0.951 bits per heavy atom. The minimum atomic E-state index is -3.87. The summed E-state index contributed by atoms with van der Waals surface area (Å²) < 4.78 is 28.9. The maximum atomic E-state index is 13.9. The first kappa shape index (κ1) is 28.0. The molecule has 1 fully saturated rings. The number of hydrogen-bond donors (Lipinski definition) is 4. The third-order valence-corrected chi connectivity index (χ3v) is 8.31. The highest BCUT2D eigenvalue weighted by Gasteiger charge is 2.38. The number of sulfonamides is 1. The molecular weight excluding hydrogens is 542 g/mol. The predicted molar refractivity (Wildman–Crippen MR) is 158 cm³/mol. The van der Waals surface area contributed by atoms with Crippen molar-refractivity contribution in [2.45, 2.75) is 37.1 Å². The minimum absolute atomic E-state index is 0.0522. The number of nitrogens with two attached hydrogens (primary N) is 2. The second-order valence-electron chi connectivity index (χ2n) is 9.98. The van der Waals surface area contributed by atoms with Gasteiger partial charge in [-0.1, -0.05) is 60.7 Å². The average Bonchev–Trinajstić information content (AvgIpc) is 3.44. The summed E-state index contributed by atoms with van der Waals surface area (Å²) in [6.07, 6.45) is 1.20. The van der Waals surface area contributed by atoms with Crippen LogP contribution < -0.4 is 21.5 Å². The molecule has 2 heterocycles. The molecule has 12 heteroatoms. The van der Waals surface area contributed by atoms with E-state index in [-0.39, 0.29) is 29.8 Å². The predicted octanol–water partition coefficient (Wildman–Crippen LogP) is 2.45. The van der Waals surface area contributed by atoms with Crippen molar-refractivity contribution in [3.63, 3.8) is 0 Å². The molecule has 41 heavy (non-hydrogen) atoms. The number of carbonyl (C=O) groups is 2. The lowest BCUT2D eigenvalue weighted by molar-refractivity contribution is -0.138. The fourth-order valence-electron chi connectivity index (χ4n) is 5.06. The van der Waals surface area contributed by atoms with Gasteiger partial charge in [0.2, 0.25) is 27.8 Å². The van der Waals surface area contributed by atoms with E-state index < -0.39 is 28.0 Å². The summed E-state index contributed by atoms with van der Waals surface area (Å²) >= 11 is 0. The van der Waals surface area contributed by atoms with Gasteiger partial charge in [0.25, 0.3) is 0 Å². The number of benzene rings is 3. The summed E-state index contributed by atoms with van der Waals surface area (Å²) in [6, 6.07) is 21.1. The van der Waals surface area contributed by atoms with Crippen LogP contribution in [-0.4, -0.2) is 53.7 Å². The summed E-state index contributed by atoms with van der Waals surface area (Å²) in [5, 5.41) is 3.39. The van der Waals surface area contributed by atoms with Crippen LogP contribution in [0.2, 0.25) is 0 Å². The van der Waals surface area contributed by atoms with Crippen molar-refractivity contribution in [2.75, 3.05) is 23.3 Å². The summed E-state index contributed by atoms with van der Waals surface area (Å²) in [7, 11) is -3.87. The normalized spacial score (nSPS) is 16.0. The van der Waals surface area contributed by atoms with E-state index in [2.05, 4.69) is 20.0 Å². The molecule has 0 unspecified atom stereocenters. The van der Waals surface area contributed by atoms with Gasteiger partial charge in [-0.3, -0.25) is 9.59 Å².